The number of benzene rings is 1. The standard InChI is InChI=1S/C14H18N/c1-4-11(2)15-12(3)9-10-13-7-5-6-8-14(13)15/h5-11H,4H2,1-3H3/q+1. The second-order valence-electron chi connectivity index (χ2n) is 4.16. The van der Waals surface area contributed by atoms with E-state index >= 15 is 0 Å². The van der Waals surface area contributed by atoms with Gasteiger partial charge in [-0.05, 0) is 19.1 Å². The van der Waals surface area contributed by atoms with E-state index in [1.165, 1.54) is 23.0 Å². The van der Waals surface area contributed by atoms with Crippen LogP contribution < -0.4 is 4.57 Å². The van der Waals surface area contributed by atoms with Crippen molar-refractivity contribution in [2.45, 2.75) is 33.2 Å². The quantitative estimate of drug-likeness (QED) is 0.654. The maximum absolute atomic E-state index is 2.43. The number of para-hydroxylation sites is 1. The van der Waals surface area contributed by atoms with Gasteiger partial charge in [0.25, 0.3) is 0 Å². The summed E-state index contributed by atoms with van der Waals surface area (Å²) in [6.45, 7) is 6.69. The molecule has 1 aromatic carbocycles. The Balaban J connectivity index is 2.74. The van der Waals surface area contributed by atoms with Crippen LogP contribution in [-0.2, 0) is 0 Å². The molecule has 0 aliphatic carbocycles. The Kier molecular flexibility index (Phi) is 2.72. The smallest absolute Gasteiger partial charge is 0.194 e. The van der Waals surface area contributed by atoms with E-state index in [0.717, 1.165) is 0 Å². The Bertz CT molecular complexity index is 474. The molecule has 0 radical (unpaired) electrons. The average Bonchev–Trinajstić information content (AvgIpc) is 2.28. The van der Waals surface area contributed by atoms with Crippen LogP contribution in [0.3, 0.4) is 0 Å². The maximum Gasteiger partial charge on any atom is 0.212 e. The number of hydrogen-bond donors (Lipinski definition) is 0. The third-order valence-electron chi connectivity index (χ3n) is 3.11. The van der Waals surface area contributed by atoms with Crippen LogP contribution >= 0.6 is 0 Å². The molecule has 0 amide bonds. The summed E-state index contributed by atoms with van der Waals surface area (Å²) in [6.07, 6.45) is 1.17. The number of aryl methyl sites for hydroxylation is 1. The van der Waals surface area contributed by atoms with Gasteiger partial charge in [-0.15, -0.1) is 0 Å². The molecule has 2 rings (SSSR count). The van der Waals surface area contributed by atoms with Crippen molar-refractivity contribution in [3.8, 4) is 0 Å². The van der Waals surface area contributed by atoms with Crippen LogP contribution in [0.5, 0.6) is 0 Å². The Morgan fingerprint density at radius 3 is 2.60 bits per heavy atom. The van der Waals surface area contributed by atoms with Gasteiger partial charge in [-0.2, -0.15) is 4.57 Å². The molecule has 0 bridgehead atoms. The van der Waals surface area contributed by atoms with E-state index in [0.29, 0.717) is 6.04 Å². The molecule has 0 N–H and O–H groups in total. The van der Waals surface area contributed by atoms with Gasteiger partial charge in [0.15, 0.2) is 11.7 Å². The van der Waals surface area contributed by atoms with Crippen LogP contribution in [-0.4, -0.2) is 0 Å². The summed E-state index contributed by atoms with van der Waals surface area (Å²) in [4.78, 5) is 0. The monoisotopic (exact) mass is 200 g/mol. The van der Waals surface area contributed by atoms with Crippen molar-refractivity contribution in [1.82, 2.24) is 0 Å². The number of aromatic nitrogens is 1. The Hall–Kier alpha value is -1.37. The molecule has 1 heteroatoms. The first-order chi connectivity index (χ1) is 7.24. The summed E-state index contributed by atoms with van der Waals surface area (Å²) in [5, 5.41) is 1.32. The molecule has 1 aromatic heterocycles. The minimum atomic E-state index is 0.566. The van der Waals surface area contributed by atoms with Crippen molar-refractivity contribution in [3.05, 3.63) is 42.1 Å². The molecule has 0 aliphatic heterocycles. The van der Waals surface area contributed by atoms with Crippen molar-refractivity contribution < 1.29 is 4.57 Å². The summed E-state index contributed by atoms with van der Waals surface area (Å²) in [5.74, 6) is 0. The molecule has 2 aromatic rings. The van der Waals surface area contributed by atoms with Crippen LogP contribution in [0.4, 0.5) is 0 Å². The SMILES string of the molecule is CCC(C)[n+]1c(C)ccc2ccccc21. The number of fused-ring (bicyclic) bond motifs is 1. The van der Waals surface area contributed by atoms with Crippen LogP contribution in [0.15, 0.2) is 36.4 Å². The lowest BCUT2D eigenvalue weighted by Crippen LogP contribution is -2.41. The van der Waals surface area contributed by atoms with Gasteiger partial charge < -0.3 is 0 Å². The van der Waals surface area contributed by atoms with E-state index < -0.39 is 0 Å². The molecule has 0 saturated heterocycles. The van der Waals surface area contributed by atoms with Crippen molar-refractivity contribution in [2.24, 2.45) is 0 Å². The summed E-state index contributed by atoms with van der Waals surface area (Å²) < 4.78 is 2.43. The number of rotatable bonds is 2. The molecule has 0 spiro atoms. The van der Waals surface area contributed by atoms with Gasteiger partial charge in [-0.25, -0.2) is 0 Å². The van der Waals surface area contributed by atoms with Crippen molar-refractivity contribution >= 4 is 10.9 Å². The Morgan fingerprint density at radius 2 is 1.87 bits per heavy atom. The highest BCUT2D eigenvalue weighted by Gasteiger charge is 2.17. The topological polar surface area (TPSA) is 3.88 Å². The molecule has 0 saturated carbocycles. The van der Waals surface area contributed by atoms with Crippen LogP contribution in [0.25, 0.3) is 10.9 Å². The molecule has 78 valence electrons. The number of hydrogen-bond acceptors (Lipinski definition) is 0. The second kappa shape index (κ2) is 4.01. The Labute approximate surface area is 91.4 Å². The lowest BCUT2D eigenvalue weighted by molar-refractivity contribution is -0.701. The van der Waals surface area contributed by atoms with E-state index in [1.807, 2.05) is 0 Å². The minimum absolute atomic E-state index is 0.566. The van der Waals surface area contributed by atoms with Crippen molar-refractivity contribution in [3.63, 3.8) is 0 Å². The summed E-state index contributed by atoms with van der Waals surface area (Å²) in [5.41, 5.74) is 2.68. The molecular weight excluding hydrogens is 182 g/mol. The lowest BCUT2D eigenvalue weighted by atomic mass is 10.1. The molecular formula is C14H18N+. The van der Waals surface area contributed by atoms with Gasteiger partial charge in [0, 0.05) is 30.9 Å². The number of nitrogens with zero attached hydrogens (tertiary/aromatic N) is 1. The van der Waals surface area contributed by atoms with Gasteiger partial charge in [0.2, 0.25) is 5.52 Å². The fourth-order valence-corrected chi connectivity index (χ4v) is 2.10. The van der Waals surface area contributed by atoms with E-state index in [2.05, 4.69) is 61.7 Å². The van der Waals surface area contributed by atoms with Crippen LogP contribution in [0, 0.1) is 6.92 Å². The first-order valence-corrected chi connectivity index (χ1v) is 5.64. The van der Waals surface area contributed by atoms with Gasteiger partial charge in [-0.1, -0.05) is 19.1 Å². The predicted molar refractivity (Wildman–Crippen MR) is 63.9 cm³/mol. The first-order valence-electron chi connectivity index (χ1n) is 5.64. The molecule has 1 atom stereocenters. The summed E-state index contributed by atoms with van der Waals surface area (Å²) in [7, 11) is 0. The van der Waals surface area contributed by atoms with Gasteiger partial charge in [0.1, 0.15) is 0 Å². The van der Waals surface area contributed by atoms with Gasteiger partial charge in [0.05, 0.1) is 0 Å². The van der Waals surface area contributed by atoms with Crippen LogP contribution in [0.2, 0.25) is 0 Å². The second-order valence-corrected chi connectivity index (χ2v) is 4.16. The fraction of sp³-hybridized carbons (Fsp3) is 0.357. The van der Waals surface area contributed by atoms with E-state index in [1.54, 1.807) is 0 Å². The zero-order valence-corrected chi connectivity index (χ0v) is 9.70. The first kappa shape index (κ1) is 10.2. The maximum atomic E-state index is 2.43. The largest absolute Gasteiger partial charge is 0.212 e. The fourth-order valence-electron chi connectivity index (χ4n) is 2.10. The van der Waals surface area contributed by atoms with E-state index in [-0.39, 0.29) is 0 Å². The molecule has 0 fully saturated rings. The van der Waals surface area contributed by atoms with Crippen LogP contribution in [0.1, 0.15) is 32.0 Å². The molecule has 1 nitrogen and oxygen atoms in total. The summed E-state index contributed by atoms with van der Waals surface area (Å²) >= 11 is 0. The minimum Gasteiger partial charge on any atom is -0.194 e. The van der Waals surface area contributed by atoms with Crippen molar-refractivity contribution in [2.75, 3.05) is 0 Å². The zero-order chi connectivity index (χ0) is 10.8. The number of pyridine rings is 1. The van der Waals surface area contributed by atoms with E-state index in [4.69, 9.17) is 0 Å². The van der Waals surface area contributed by atoms with E-state index in [9.17, 15) is 0 Å². The highest BCUT2D eigenvalue weighted by Crippen LogP contribution is 2.13. The highest BCUT2D eigenvalue weighted by molar-refractivity contribution is 5.75. The Morgan fingerprint density at radius 1 is 1.13 bits per heavy atom. The molecule has 1 heterocycles. The lowest BCUT2D eigenvalue weighted by Gasteiger charge is -2.09. The third-order valence-corrected chi connectivity index (χ3v) is 3.11. The molecule has 15 heavy (non-hydrogen) atoms. The van der Waals surface area contributed by atoms with Gasteiger partial charge >= 0.3 is 0 Å². The highest BCUT2D eigenvalue weighted by atomic mass is 15.0. The normalized spacial score (nSPS) is 13.0. The molecule has 0 aliphatic rings. The predicted octanol–water partition coefficient (Wildman–Crippen LogP) is 3.41. The zero-order valence-electron chi connectivity index (χ0n) is 9.70. The summed E-state index contributed by atoms with van der Waals surface area (Å²) in [6, 6.07) is 13.6. The average molecular weight is 200 g/mol. The van der Waals surface area contributed by atoms with Gasteiger partial charge in [-0.3, -0.25) is 0 Å². The molecule has 1 unspecified atom stereocenters. The van der Waals surface area contributed by atoms with Crippen molar-refractivity contribution in [1.29, 1.82) is 0 Å². The third kappa shape index (κ3) is 1.74.